The average Bonchev–Trinajstić information content (AvgIpc) is 2.48. The third-order valence-electron chi connectivity index (χ3n) is 2.53. The Morgan fingerprint density at radius 2 is 2.12 bits per heavy atom. The van der Waals surface area contributed by atoms with Crippen LogP contribution in [-0.2, 0) is 11.9 Å². The molecular weight excluding hydrogens is 253 g/mol. The van der Waals surface area contributed by atoms with Gasteiger partial charge in [0.15, 0.2) is 0 Å². The Hall–Kier alpha value is -1.24. The number of alkyl halides is 3. The van der Waals surface area contributed by atoms with Crippen LogP contribution in [0.4, 0.5) is 18.9 Å². The Labute approximate surface area is 99.9 Å². The van der Waals surface area contributed by atoms with Crippen LogP contribution in [0.25, 0.3) is 0 Å². The quantitative estimate of drug-likeness (QED) is 0.727. The van der Waals surface area contributed by atoms with Gasteiger partial charge in [-0.05, 0) is 17.7 Å². The summed E-state index contributed by atoms with van der Waals surface area (Å²) in [6.07, 6.45) is -4.40. The lowest BCUT2D eigenvalue weighted by atomic mass is 10.1. The maximum absolute atomic E-state index is 12.8. The molecule has 0 spiro atoms. The van der Waals surface area contributed by atoms with Crippen molar-refractivity contribution in [3.8, 4) is 0 Å². The molecule has 7 heteroatoms. The van der Waals surface area contributed by atoms with Gasteiger partial charge in [-0.3, -0.25) is 0 Å². The Balaban J connectivity index is 2.56. The molecule has 0 amide bonds. The fourth-order valence-electron chi connectivity index (χ4n) is 1.76. The zero-order chi connectivity index (χ0) is 12.5. The normalized spacial score (nSPS) is 16.3. The number of anilines is 1. The predicted molar refractivity (Wildman–Crippen MR) is 60.7 cm³/mol. The zero-order valence-electron chi connectivity index (χ0n) is 8.70. The monoisotopic (exact) mass is 262 g/mol. The predicted octanol–water partition coefficient (Wildman–Crippen LogP) is 3.44. The molecule has 92 valence electrons. The minimum absolute atomic E-state index is 0.141. The van der Waals surface area contributed by atoms with Gasteiger partial charge in [-0.2, -0.15) is 24.9 Å². The van der Waals surface area contributed by atoms with Crippen molar-refractivity contribution in [1.29, 1.82) is 0 Å². The molecule has 1 heterocycles. The number of fused-ring (bicyclic) bond motifs is 1. The first-order valence-corrected chi connectivity index (χ1v) is 6.07. The highest BCUT2D eigenvalue weighted by molar-refractivity contribution is 7.98. The summed E-state index contributed by atoms with van der Waals surface area (Å²) in [6.45, 7) is 0.336. The van der Waals surface area contributed by atoms with E-state index in [0.29, 0.717) is 12.3 Å². The van der Waals surface area contributed by atoms with E-state index in [1.807, 2.05) is 0 Å². The standard InChI is InChI=1S/C10H9F3N2OS/c11-10(12,13)8-2-1-3-9-7(8)6-17-5-4-15(9)14-16/h1-3H,4-6H2. The highest BCUT2D eigenvalue weighted by Gasteiger charge is 2.35. The number of thioether (sulfide) groups is 1. The first kappa shape index (κ1) is 12.2. The van der Waals surface area contributed by atoms with Gasteiger partial charge in [0, 0.05) is 11.5 Å². The average molecular weight is 262 g/mol. The van der Waals surface area contributed by atoms with E-state index in [9.17, 15) is 18.1 Å². The number of halogens is 3. The summed E-state index contributed by atoms with van der Waals surface area (Å²) in [5.74, 6) is 0.828. The Kier molecular flexibility index (Phi) is 3.28. The van der Waals surface area contributed by atoms with Gasteiger partial charge in [-0.15, -0.1) is 4.91 Å². The van der Waals surface area contributed by atoms with E-state index in [0.717, 1.165) is 11.1 Å². The highest BCUT2D eigenvalue weighted by atomic mass is 32.2. The molecule has 1 aliphatic rings. The third-order valence-corrected chi connectivity index (χ3v) is 3.49. The first-order chi connectivity index (χ1) is 8.04. The highest BCUT2D eigenvalue weighted by Crippen LogP contribution is 2.39. The first-order valence-electron chi connectivity index (χ1n) is 4.91. The minimum Gasteiger partial charge on any atom is -0.228 e. The van der Waals surface area contributed by atoms with Crippen LogP contribution in [0.1, 0.15) is 11.1 Å². The lowest BCUT2D eigenvalue weighted by molar-refractivity contribution is -0.138. The second kappa shape index (κ2) is 4.56. The molecule has 0 saturated heterocycles. The molecular formula is C10H9F3N2OS. The van der Waals surface area contributed by atoms with Gasteiger partial charge in [0.2, 0.25) is 0 Å². The zero-order valence-corrected chi connectivity index (χ0v) is 9.51. The number of nitrogens with zero attached hydrogens (tertiary/aromatic N) is 2. The Bertz CT molecular complexity index is 436. The summed E-state index contributed by atoms with van der Waals surface area (Å²) < 4.78 is 38.4. The molecule has 0 bridgehead atoms. The maximum Gasteiger partial charge on any atom is 0.416 e. The van der Waals surface area contributed by atoms with Crippen LogP contribution < -0.4 is 5.01 Å². The van der Waals surface area contributed by atoms with Gasteiger partial charge in [0.05, 0.1) is 23.1 Å². The van der Waals surface area contributed by atoms with Crippen LogP contribution in [0.3, 0.4) is 0 Å². The minimum atomic E-state index is -4.40. The van der Waals surface area contributed by atoms with Crippen LogP contribution in [0.15, 0.2) is 23.5 Å². The van der Waals surface area contributed by atoms with Gasteiger partial charge in [0.1, 0.15) is 0 Å². The number of benzene rings is 1. The molecule has 0 aromatic heterocycles. The lowest BCUT2D eigenvalue weighted by Crippen LogP contribution is -2.19. The number of hydrogen-bond donors (Lipinski definition) is 0. The summed E-state index contributed by atoms with van der Waals surface area (Å²) in [4.78, 5) is 10.6. The van der Waals surface area contributed by atoms with Gasteiger partial charge >= 0.3 is 6.18 Å². The summed E-state index contributed by atoms with van der Waals surface area (Å²) in [6, 6.07) is 3.83. The molecule has 1 aromatic rings. The molecule has 2 rings (SSSR count). The molecule has 0 saturated carbocycles. The molecule has 17 heavy (non-hydrogen) atoms. The Morgan fingerprint density at radius 3 is 2.76 bits per heavy atom. The molecule has 1 aromatic carbocycles. The van der Waals surface area contributed by atoms with Crippen molar-refractivity contribution in [2.75, 3.05) is 17.3 Å². The van der Waals surface area contributed by atoms with Crippen molar-refractivity contribution in [3.63, 3.8) is 0 Å². The molecule has 0 N–H and O–H groups in total. The molecule has 1 aliphatic heterocycles. The fourth-order valence-corrected chi connectivity index (χ4v) is 2.72. The van der Waals surface area contributed by atoms with Crippen LogP contribution >= 0.6 is 11.8 Å². The van der Waals surface area contributed by atoms with Gasteiger partial charge in [0.25, 0.3) is 0 Å². The second-order valence-corrected chi connectivity index (χ2v) is 4.66. The largest absolute Gasteiger partial charge is 0.416 e. The SMILES string of the molecule is O=NN1CCSCc2c1cccc2C(F)(F)F. The van der Waals surface area contributed by atoms with E-state index in [2.05, 4.69) is 5.29 Å². The van der Waals surface area contributed by atoms with E-state index in [-0.39, 0.29) is 17.0 Å². The van der Waals surface area contributed by atoms with Crippen molar-refractivity contribution in [1.82, 2.24) is 0 Å². The number of rotatable bonds is 1. The summed E-state index contributed by atoms with van der Waals surface area (Å²) in [5, 5.41) is 3.86. The molecule has 0 fully saturated rings. The summed E-state index contributed by atoms with van der Waals surface area (Å²) in [7, 11) is 0. The fraction of sp³-hybridized carbons (Fsp3) is 0.400. The van der Waals surface area contributed by atoms with E-state index in [1.165, 1.54) is 23.9 Å². The van der Waals surface area contributed by atoms with Crippen molar-refractivity contribution >= 4 is 17.4 Å². The summed E-state index contributed by atoms with van der Waals surface area (Å²) >= 11 is 1.37. The van der Waals surface area contributed by atoms with Crippen molar-refractivity contribution in [3.05, 3.63) is 34.2 Å². The second-order valence-electron chi connectivity index (χ2n) is 3.56. The topological polar surface area (TPSA) is 32.7 Å². The van der Waals surface area contributed by atoms with E-state index in [1.54, 1.807) is 0 Å². The van der Waals surface area contributed by atoms with Crippen molar-refractivity contribution in [2.24, 2.45) is 5.29 Å². The Morgan fingerprint density at radius 1 is 1.35 bits per heavy atom. The number of hydrogen-bond acceptors (Lipinski definition) is 3. The van der Waals surface area contributed by atoms with E-state index < -0.39 is 11.7 Å². The van der Waals surface area contributed by atoms with Crippen molar-refractivity contribution < 1.29 is 13.2 Å². The van der Waals surface area contributed by atoms with Crippen LogP contribution in [0.5, 0.6) is 0 Å². The maximum atomic E-state index is 12.8. The summed E-state index contributed by atoms with van der Waals surface area (Å²) in [5.41, 5.74) is -0.278. The molecule has 3 nitrogen and oxygen atoms in total. The van der Waals surface area contributed by atoms with Gasteiger partial charge in [-0.25, -0.2) is 5.01 Å². The van der Waals surface area contributed by atoms with Crippen LogP contribution in [0, 0.1) is 4.91 Å². The molecule has 0 unspecified atom stereocenters. The lowest BCUT2D eigenvalue weighted by Gasteiger charge is -2.18. The molecule has 0 atom stereocenters. The van der Waals surface area contributed by atoms with E-state index >= 15 is 0 Å². The number of nitroso groups, excluding NO2 is 1. The third kappa shape index (κ3) is 2.38. The molecule has 0 aliphatic carbocycles. The van der Waals surface area contributed by atoms with Crippen molar-refractivity contribution in [2.45, 2.75) is 11.9 Å². The smallest absolute Gasteiger partial charge is 0.228 e. The molecule has 0 radical (unpaired) electrons. The van der Waals surface area contributed by atoms with E-state index in [4.69, 9.17) is 0 Å². The van der Waals surface area contributed by atoms with Gasteiger partial charge < -0.3 is 0 Å². The van der Waals surface area contributed by atoms with Crippen LogP contribution in [-0.4, -0.2) is 12.3 Å². The van der Waals surface area contributed by atoms with Crippen LogP contribution in [0.2, 0.25) is 0 Å². The van der Waals surface area contributed by atoms with Gasteiger partial charge in [-0.1, -0.05) is 6.07 Å².